The van der Waals surface area contributed by atoms with Crippen molar-refractivity contribution in [1.82, 2.24) is 10.2 Å². The van der Waals surface area contributed by atoms with Crippen molar-refractivity contribution >= 4 is 17.9 Å². The highest BCUT2D eigenvalue weighted by Crippen LogP contribution is 2.18. The molecule has 5 heteroatoms. The van der Waals surface area contributed by atoms with E-state index in [2.05, 4.69) is 28.9 Å². The number of likely N-dealkylation sites (tertiary alicyclic amines) is 1. The van der Waals surface area contributed by atoms with E-state index in [0.29, 0.717) is 12.5 Å². The van der Waals surface area contributed by atoms with E-state index in [-0.39, 0.29) is 0 Å². The molecule has 0 spiro atoms. The molecule has 5 nitrogen and oxygen atoms in total. The largest absolute Gasteiger partial charge is 0.361 e. The van der Waals surface area contributed by atoms with Gasteiger partial charge in [0.15, 0.2) is 0 Å². The smallest absolute Gasteiger partial charge is 0.309 e. The molecule has 1 fully saturated rings. The summed E-state index contributed by atoms with van der Waals surface area (Å²) < 4.78 is 0. The molecule has 1 atom stereocenters. The van der Waals surface area contributed by atoms with Crippen molar-refractivity contribution in [2.75, 3.05) is 19.6 Å². The molecular formula is C17H23N3O2. The molecular weight excluding hydrogens is 278 g/mol. The molecule has 1 aliphatic heterocycles. The molecule has 2 rings (SSSR count). The zero-order valence-corrected chi connectivity index (χ0v) is 12.8. The Kier molecular flexibility index (Phi) is 5.72. The number of nitrogens with one attached hydrogen (secondary N) is 1. The molecule has 2 amide bonds. The van der Waals surface area contributed by atoms with Gasteiger partial charge < -0.3 is 11.1 Å². The van der Waals surface area contributed by atoms with E-state index in [1.165, 1.54) is 5.56 Å². The molecule has 118 valence electrons. The summed E-state index contributed by atoms with van der Waals surface area (Å²) in [5, 5.41) is 2.60. The van der Waals surface area contributed by atoms with Gasteiger partial charge in [-0.25, -0.2) is 0 Å². The minimum atomic E-state index is -0.922. The summed E-state index contributed by atoms with van der Waals surface area (Å²) in [6.07, 6.45) is 4.00. The van der Waals surface area contributed by atoms with Crippen molar-refractivity contribution in [2.24, 2.45) is 11.7 Å². The molecule has 1 aliphatic rings. The third kappa shape index (κ3) is 4.70. The second-order valence-corrected chi connectivity index (χ2v) is 5.77. The van der Waals surface area contributed by atoms with Crippen molar-refractivity contribution in [2.45, 2.75) is 19.4 Å². The van der Waals surface area contributed by atoms with Crippen LogP contribution >= 0.6 is 0 Å². The van der Waals surface area contributed by atoms with Crippen molar-refractivity contribution in [3.05, 3.63) is 42.0 Å². The van der Waals surface area contributed by atoms with Crippen LogP contribution in [0.25, 0.3) is 6.08 Å². The Morgan fingerprint density at radius 1 is 1.45 bits per heavy atom. The van der Waals surface area contributed by atoms with Gasteiger partial charge in [0.25, 0.3) is 0 Å². The van der Waals surface area contributed by atoms with Gasteiger partial charge in [0, 0.05) is 19.6 Å². The number of nitrogens with two attached hydrogens (primary N) is 1. The first kappa shape index (κ1) is 16.2. The summed E-state index contributed by atoms with van der Waals surface area (Å²) in [4.78, 5) is 24.3. The lowest BCUT2D eigenvalue weighted by Gasteiger charge is -2.32. The second-order valence-electron chi connectivity index (χ2n) is 5.77. The molecule has 1 aromatic carbocycles. The number of primary amides is 1. The molecule has 0 radical (unpaired) electrons. The number of hydrogen-bond donors (Lipinski definition) is 2. The number of nitrogens with zero attached hydrogens (tertiary/aromatic N) is 1. The van der Waals surface area contributed by atoms with E-state index in [1.54, 1.807) is 0 Å². The minimum Gasteiger partial charge on any atom is -0.361 e. The van der Waals surface area contributed by atoms with Crippen LogP contribution in [0.4, 0.5) is 0 Å². The number of rotatable bonds is 5. The number of piperidine rings is 1. The lowest BCUT2D eigenvalue weighted by Crippen LogP contribution is -2.43. The van der Waals surface area contributed by atoms with Gasteiger partial charge in [0.05, 0.1) is 0 Å². The average molecular weight is 301 g/mol. The lowest BCUT2D eigenvalue weighted by atomic mass is 9.97. The van der Waals surface area contributed by atoms with Gasteiger partial charge in [0.2, 0.25) is 0 Å². The number of hydrogen-bond acceptors (Lipinski definition) is 3. The van der Waals surface area contributed by atoms with Crippen molar-refractivity contribution in [1.29, 1.82) is 0 Å². The van der Waals surface area contributed by atoms with E-state index in [0.717, 1.165) is 38.0 Å². The van der Waals surface area contributed by atoms with Gasteiger partial charge in [-0.05, 0) is 36.4 Å². The van der Waals surface area contributed by atoms with Crippen LogP contribution in [0, 0.1) is 5.92 Å². The second kappa shape index (κ2) is 7.75. The lowest BCUT2D eigenvalue weighted by molar-refractivity contribution is -0.137. The third-order valence-electron chi connectivity index (χ3n) is 3.97. The average Bonchev–Trinajstić information content (AvgIpc) is 2.53. The zero-order chi connectivity index (χ0) is 15.9. The van der Waals surface area contributed by atoms with E-state index in [1.807, 2.05) is 18.2 Å². The number of amides is 2. The minimum absolute atomic E-state index is 0.361. The fourth-order valence-corrected chi connectivity index (χ4v) is 2.86. The summed E-state index contributed by atoms with van der Waals surface area (Å²) in [7, 11) is 0. The van der Waals surface area contributed by atoms with Crippen molar-refractivity contribution in [3.63, 3.8) is 0 Å². The molecule has 0 saturated carbocycles. The standard InChI is InChI=1S/C17H23N3O2/c1-2-13-5-3-6-14(9-13)11-20-8-4-7-15(12-20)10-19-17(22)16(18)21/h2-3,5-6,9,15H,1,4,7-8,10-12H2,(H2,18,21)(H,19,22). The predicted molar refractivity (Wildman–Crippen MR) is 86.7 cm³/mol. The maximum Gasteiger partial charge on any atom is 0.309 e. The fraction of sp³-hybridized carbons (Fsp3) is 0.412. The number of benzene rings is 1. The molecule has 1 heterocycles. The van der Waals surface area contributed by atoms with Crippen LogP contribution in [0.3, 0.4) is 0 Å². The van der Waals surface area contributed by atoms with Gasteiger partial charge in [-0.15, -0.1) is 0 Å². The normalized spacial score (nSPS) is 18.6. The first-order valence-corrected chi connectivity index (χ1v) is 7.60. The predicted octanol–water partition coefficient (Wildman–Crippen LogP) is 1.14. The van der Waals surface area contributed by atoms with E-state index in [4.69, 9.17) is 5.73 Å². The van der Waals surface area contributed by atoms with Crippen molar-refractivity contribution < 1.29 is 9.59 Å². The summed E-state index contributed by atoms with van der Waals surface area (Å²) in [5.41, 5.74) is 7.33. The van der Waals surface area contributed by atoms with Crippen molar-refractivity contribution in [3.8, 4) is 0 Å². The van der Waals surface area contributed by atoms with E-state index in [9.17, 15) is 9.59 Å². The maximum absolute atomic E-state index is 11.2. The van der Waals surface area contributed by atoms with Crippen LogP contribution < -0.4 is 11.1 Å². The highest BCUT2D eigenvalue weighted by atomic mass is 16.2. The highest BCUT2D eigenvalue weighted by molar-refractivity contribution is 6.34. The Morgan fingerprint density at radius 3 is 3.00 bits per heavy atom. The molecule has 0 aliphatic carbocycles. The van der Waals surface area contributed by atoms with Gasteiger partial charge >= 0.3 is 11.8 Å². The topological polar surface area (TPSA) is 75.4 Å². The summed E-state index contributed by atoms with van der Waals surface area (Å²) in [6.45, 7) is 7.16. The Balaban J connectivity index is 1.86. The van der Waals surface area contributed by atoms with Gasteiger partial charge in [-0.1, -0.05) is 36.9 Å². The van der Waals surface area contributed by atoms with Crippen LogP contribution in [0.5, 0.6) is 0 Å². The van der Waals surface area contributed by atoms with Gasteiger partial charge in [0.1, 0.15) is 0 Å². The van der Waals surface area contributed by atoms with Gasteiger partial charge in [-0.3, -0.25) is 14.5 Å². The van der Waals surface area contributed by atoms with Crippen LogP contribution in [-0.4, -0.2) is 36.3 Å². The Morgan fingerprint density at radius 2 is 2.27 bits per heavy atom. The maximum atomic E-state index is 11.2. The van der Waals surface area contributed by atoms with E-state index >= 15 is 0 Å². The molecule has 0 aromatic heterocycles. The monoisotopic (exact) mass is 301 g/mol. The molecule has 3 N–H and O–H groups in total. The third-order valence-corrected chi connectivity index (χ3v) is 3.97. The number of carbonyl (C=O) groups excluding carboxylic acids is 2. The Labute approximate surface area is 131 Å². The Bertz CT molecular complexity index is 557. The fourth-order valence-electron chi connectivity index (χ4n) is 2.86. The molecule has 1 unspecified atom stereocenters. The molecule has 0 bridgehead atoms. The summed E-state index contributed by atoms with van der Waals surface area (Å²) >= 11 is 0. The summed E-state index contributed by atoms with van der Waals surface area (Å²) in [6, 6.07) is 8.34. The SMILES string of the molecule is C=Cc1cccc(CN2CCCC(CNC(=O)C(N)=O)C2)c1. The van der Waals surface area contributed by atoms with Crippen LogP contribution in [0.15, 0.2) is 30.8 Å². The Hall–Kier alpha value is -2.14. The van der Waals surface area contributed by atoms with Crippen LogP contribution in [-0.2, 0) is 16.1 Å². The number of carbonyl (C=O) groups is 2. The van der Waals surface area contributed by atoms with Crippen LogP contribution in [0.2, 0.25) is 0 Å². The quantitative estimate of drug-likeness (QED) is 0.801. The molecule has 1 saturated heterocycles. The van der Waals surface area contributed by atoms with Crippen LogP contribution in [0.1, 0.15) is 24.0 Å². The first-order chi connectivity index (χ1) is 10.6. The molecule has 1 aromatic rings. The summed E-state index contributed by atoms with van der Waals surface area (Å²) in [5.74, 6) is -1.26. The first-order valence-electron chi connectivity index (χ1n) is 7.60. The van der Waals surface area contributed by atoms with E-state index < -0.39 is 11.8 Å². The zero-order valence-electron chi connectivity index (χ0n) is 12.8. The van der Waals surface area contributed by atoms with Gasteiger partial charge in [-0.2, -0.15) is 0 Å². The molecule has 22 heavy (non-hydrogen) atoms. The highest BCUT2D eigenvalue weighted by Gasteiger charge is 2.21.